The van der Waals surface area contributed by atoms with Crippen LogP contribution in [0.4, 0.5) is 0 Å². The van der Waals surface area contributed by atoms with Crippen molar-refractivity contribution in [3.63, 3.8) is 0 Å². The van der Waals surface area contributed by atoms with Crippen LogP contribution in [0, 0.1) is 25.2 Å². The van der Waals surface area contributed by atoms with Crippen LogP contribution >= 0.6 is 11.6 Å². The summed E-state index contributed by atoms with van der Waals surface area (Å²) in [6.45, 7) is 3.79. The second-order valence-corrected chi connectivity index (χ2v) is 12.9. The number of carbonyl (C=O) groups excluding carboxylic acids is 2. The zero-order chi connectivity index (χ0) is 33.7. The highest BCUT2D eigenvalue weighted by atomic mass is 35.5. The molecule has 48 heavy (non-hydrogen) atoms. The Kier molecular flexibility index (Phi) is 8.58. The predicted octanol–water partition coefficient (Wildman–Crippen LogP) is 4.85. The van der Waals surface area contributed by atoms with Crippen LogP contribution < -0.4 is 24.3 Å². The summed E-state index contributed by atoms with van der Waals surface area (Å²) in [6, 6.07) is 11.7. The quantitative estimate of drug-likeness (QED) is 0.195. The fraction of sp³-hybridized carbons (Fsp3) is 0.417. The number of hydrogen-bond acceptors (Lipinski definition) is 9. The summed E-state index contributed by atoms with van der Waals surface area (Å²) in [6.07, 6.45) is 1.62. The first-order chi connectivity index (χ1) is 23.2. The van der Waals surface area contributed by atoms with E-state index in [1.807, 2.05) is 43.3 Å². The molecule has 4 aliphatic heterocycles. The molecule has 1 saturated heterocycles. The number of esters is 1. The van der Waals surface area contributed by atoms with Gasteiger partial charge in [-0.05, 0) is 55.4 Å². The van der Waals surface area contributed by atoms with Crippen LogP contribution in [0.3, 0.4) is 0 Å². The number of halogens is 1. The maximum absolute atomic E-state index is 13.3. The first-order valence-electron chi connectivity index (χ1n) is 16.0. The molecule has 12 heteroatoms. The van der Waals surface area contributed by atoms with Gasteiger partial charge in [0.25, 0.3) is 0 Å². The van der Waals surface area contributed by atoms with Crippen LogP contribution in [0.1, 0.15) is 57.4 Å². The Morgan fingerprint density at radius 3 is 2.65 bits per heavy atom. The monoisotopic (exact) mass is 671 g/mol. The molecule has 3 aromatic rings. The lowest BCUT2D eigenvalue weighted by molar-refractivity contribution is -0.131. The van der Waals surface area contributed by atoms with E-state index in [-0.39, 0.29) is 37.3 Å². The lowest BCUT2D eigenvalue weighted by Crippen LogP contribution is -2.62. The Hall–Kier alpha value is -4.50. The largest absolute Gasteiger partial charge is 0.649 e. The van der Waals surface area contributed by atoms with Gasteiger partial charge in [0.15, 0.2) is 23.0 Å². The fourth-order valence-corrected chi connectivity index (χ4v) is 8.03. The van der Waals surface area contributed by atoms with Crippen molar-refractivity contribution in [2.45, 2.75) is 69.7 Å². The van der Waals surface area contributed by atoms with Crippen molar-refractivity contribution in [1.29, 1.82) is 5.26 Å². The number of nitrogens with zero attached hydrogens (tertiary/aromatic N) is 3. The third kappa shape index (κ3) is 5.28. The number of benzene rings is 3. The molecule has 2 bridgehead atoms. The van der Waals surface area contributed by atoms with Crippen LogP contribution in [0.25, 0.3) is 5.32 Å². The van der Waals surface area contributed by atoms with E-state index in [4.69, 9.17) is 35.9 Å². The number of carbonyl (C=O) groups is 2. The van der Waals surface area contributed by atoms with Crippen molar-refractivity contribution < 1.29 is 33.6 Å². The average molecular weight is 672 g/mol. The fourth-order valence-electron chi connectivity index (χ4n) is 7.98. The molecular weight excluding hydrogens is 636 g/mol. The molecule has 1 fully saturated rings. The van der Waals surface area contributed by atoms with Crippen molar-refractivity contribution in [2.75, 3.05) is 26.3 Å². The summed E-state index contributed by atoms with van der Waals surface area (Å²) in [5.74, 6) is 0.554. The van der Waals surface area contributed by atoms with Gasteiger partial charge >= 0.3 is 5.97 Å². The van der Waals surface area contributed by atoms with Crippen molar-refractivity contribution in [2.24, 2.45) is 0 Å². The van der Waals surface area contributed by atoms with Gasteiger partial charge in [-0.3, -0.25) is 14.5 Å². The van der Waals surface area contributed by atoms with Crippen LogP contribution in [0.5, 0.6) is 28.7 Å². The lowest BCUT2D eigenvalue weighted by atomic mass is 9.72. The van der Waals surface area contributed by atoms with Gasteiger partial charge in [0.2, 0.25) is 12.7 Å². The van der Waals surface area contributed by atoms with E-state index in [9.17, 15) is 20.0 Å². The van der Waals surface area contributed by atoms with Crippen LogP contribution in [-0.4, -0.2) is 66.3 Å². The summed E-state index contributed by atoms with van der Waals surface area (Å²) >= 11 is 5.90. The normalized spacial score (nSPS) is 23.3. The number of piperazine rings is 1. The number of phenols is 1. The number of hydrogen-bond donors (Lipinski definition) is 2. The van der Waals surface area contributed by atoms with Gasteiger partial charge in [0, 0.05) is 35.7 Å². The minimum Gasteiger partial charge on any atom is -0.649 e. The second kappa shape index (κ2) is 12.8. The second-order valence-electron chi connectivity index (χ2n) is 12.6. The standard InChI is InChI=1S/C36H36ClN4O7/c1-18-11-21-12-23-25(15-38)41-24(31(40-23)29(21)32(44)33(18)45-3)13-22-30(26(41)16-39-27(42)10-9-20-7-5-4-6-8-20)36-35(46-17-47-36)19(2)34(22)48-28(43)14-37/h4-8,11,23-26,31,44H,9-10,12-14,16-17H2,1-3H3,(H,39,42)/q-1/t23-,24?,25-,26-,31-/m0/s1. The van der Waals surface area contributed by atoms with Crippen LogP contribution in [-0.2, 0) is 28.9 Å². The molecular formula is C36H36ClN4O7-. The Labute approximate surface area is 283 Å². The number of amides is 1. The number of aryl methyl sites for hydroxylation is 2. The van der Waals surface area contributed by atoms with Crippen molar-refractivity contribution in [1.82, 2.24) is 10.2 Å². The third-order valence-corrected chi connectivity index (χ3v) is 10.2. The topological polar surface area (TPSA) is 144 Å². The maximum Gasteiger partial charge on any atom is 0.326 e. The predicted molar refractivity (Wildman–Crippen MR) is 176 cm³/mol. The van der Waals surface area contributed by atoms with Crippen molar-refractivity contribution in [3.8, 4) is 34.8 Å². The SMILES string of the molecule is COc1c(C)cc2c(c1O)[C@H]1[N-][C@@H](C2)[C@H](C#N)N2C1Cc1c(OC(=O)CCl)c(C)c3c(c1[C@@H]2CNC(=O)CCc1ccccc1)OCO3. The van der Waals surface area contributed by atoms with E-state index in [0.29, 0.717) is 64.5 Å². The Balaban J connectivity index is 1.35. The van der Waals surface area contributed by atoms with E-state index in [1.54, 1.807) is 6.92 Å². The Morgan fingerprint density at radius 2 is 1.92 bits per heavy atom. The molecule has 5 atom stereocenters. The molecule has 3 aromatic carbocycles. The van der Waals surface area contributed by atoms with E-state index in [0.717, 1.165) is 16.7 Å². The number of phenolic OH excluding ortho intramolecular Hbond substituents is 1. The van der Waals surface area contributed by atoms with Gasteiger partial charge in [-0.1, -0.05) is 42.4 Å². The summed E-state index contributed by atoms with van der Waals surface area (Å²) in [4.78, 5) is 28.1. The van der Waals surface area contributed by atoms with Gasteiger partial charge in [-0.15, -0.1) is 17.6 Å². The maximum atomic E-state index is 13.3. The third-order valence-electron chi connectivity index (χ3n) is 9.96. The van der Waals surface area contributed by atoms with Gasteiger partial charge in [-0.25, -0.2) is 0 Å². The van der Waals surface area contributed by atoms with Crippen LogP contribution in [0.2, 0.25) is 0 Å². The smallest absolute Gasteiger partial charge is 0.326 e. The molecule has 0 saturated carbocycles. The molecule has 4 aliphatic rings. The number of alkyl halides is 1. The number of nitrogens with one attached hydrogen (secondary N) is 1. The molecule has 0 aromatic heterocycles. The van der Waals surface area contributed by atoms with Gasteiger partial charge in [-0.2, -0.15) is 5.26 Å². The number of fused-ring (bicyclic) bond motifs is 9. The van der Waals surface area contributed by atoms with Crippen molar-refractivity contribution in [3.05, 3.63) is 80.7 Å². The number of ether oxygens (including phenoxy) is 4. The summed E-state index contributed by atoms with van der Waals surface area (Å²) in [5.41, 5.74) is 5.40. The minimum absolute atomic E-state index is 0.0299. The van der Waals surface area contributed by atoms with Crippen molar-refractivity contribution >= 4 is 23.5 Å². The van der Waals surface area contributed by atoms with E-state index in [2.05, 4.69) is 16.3 Å². The molecule has 0 spiro atoms. The average Bonchev–Trinajstić information content (AvgIpc) is 3.58. The first kappa shape index (κ1) is 32.1. The molecule has 7 rings (SSSR count). The molecule has 11 nitrogen and oxygen atoms in total. The molecule has 250 valence electrons. The molecule has 0 radical (unpaired) electrons. The molecule has 2 N–H and O–H groups in total. The highest BCUT2D eigenvalue weighted by Crippen LogP contribution is 2.59. The molecule has 1 amide bonds. The van der Waals surface area contributed by atoms with Crippen LogP contribution in [0.15, 0.2) is 36.4 Å². The number of nitriles is 1. The van der Waals surface area contributed by atoms with E-state index >= 15 is 0 Å². The molecule has 4 heterocycles. The highest BCUT2D eigenvalue weighted by Gasteiger charge is 2.50. The van der Waals surface area contributed by atoms with Gasteiger partial charge in [0.05, 0.1) is 25.3 Å². The zero-order valence-electron chi connectivity index (χ0n) is 26.9. The lowest BCUT2D eigenvalue weighted by Gasteiger charge is -2.63. The summed E-state index contributed by atoms with van der Waals surface area (Å²) < 4.78 is 23.4. The number of rotatable bonds is 8. The Morgan fingerprint density at radius 1 is 1.15 bits per heavy atom. The summed E-state index contributed by atoms with van der Waals surface area (Å²) in [5, 5.41) is 30.6. The minimum atomic E-state index is -0.656. The number of methoxy groups -OCH3 is 1. The summed E-state index contributed by atoms with van der Waals surface area (Å²) in [7, 11) is 1.52. The molecule has 1 unspecified atom stereocenters. The molecule has 0 aliphatic carbocycles. The number of aromatic hydroxyl groups is 1. The van der Waals surface area contributed by atoms with Gasteiger partial charge < -0.3 is 34.7 Å². The van der Waals surface area contributed by atoms with Gasteiger partial charge in [0.1, 0.15) is 11.6 Å². The van der Waals surface area contributed by atoms with E-state index < -0.39 is 36.2 Å². The zero-order valence-corrected chi connectivity index (χ0v) is 27.7. The van der Waals surface area contributed by atoms with E-state index in [1.165, 1.54) is 7.11 Å². The first-order valence-corrected chi connectivity index (χ1v) is 16.6. The Bertz CT molecular complexity index is 1830. The highest BCUT2D eigenvalue weighted by molar-refractivity contribution is 6.26.